The van der Waals surface area contributed by atoms with Crippen molar-refractivity contribution in [3.05, 3.63) is 63.5 Å². The number of hydrogen-bond donors (Lipinski definition) is 1. The van der Waals surface area contributed by atoms with E-state index in [1.807, 2.05) is 0 Å². The van der Waals surface area contributed by atoms with Gasteiger partial charge in [-0.3, -0.25) is 10.1 Å². The minimum Gasteiger partial charge on any atom is -0.454 e. The molecule has 0 saturated heterocycles. The topological polar surface area (TPSA) is 78.4 Å². The van der Waals surface area contributed by atoms with E-state index in [4.69, 9.17) is 10.5 Å². The van der Waals surface area contributed by atoms with Gasteiger partial charge in [0, 0.05) is 18.2 Å². The fraction of sp³-hybridized carbons (Fsp3) is 0.200. The van der Waals surface area contributed by atoms with Crippen molar-refractivity contribution in [1.82, 2.24) is 0 Å². The zero-order chi connectivity index (χ0) is 15.6. The van der Waals surface area contributed by atoms with Crippen molar-refractivity contribution in [2.45, 2.75) is 19.9 Å². The lowest BCUT2D eigenvalue weighted by Gasteiger charge is -2.11. The number of nitrogens with zero attached hydrogens (tertiary/aromatic N) is 1. The van der Waals surface area contributed by atoms with E-state index >= 15 is 0 Å². The lowest BCUT2D eigenvalue weighted by Crippen LogP contribution is -2.05. The van der Waals surface area contributed by atoms with Crippen LogP contribution in [0.2, 0.25) is 0 Å². The summed E-state index contributed by atoms with van der Waals surface area (Å²) in [6.07, 6.45) is 0. The maximum absolute atomic E-state index is 13.9. The molecule has 2 aromatic carbocycles. The lowest BCUT2D eigenvalue weighted by atomic mass is 10.1. The molecule has 0 amide bonds. The van der Waals surface area contributed by atoms with Gasteiger partial charge in [-0.25, -0.2) is 4.39 Å². The number of rotatable bonds is 4. The second kappa shape index (κ2) is 5.88. The molecular weight excluding hydrogens is 275 g/mol. The van der Waals surface area contributed by atoms with Crippen molar-refractivity contribution >= 4 is 5.69 Å². The number of halogens is 1. The Morgan fingerprint density at radius 1 is 1.24 bits per heavy atom. The van der Waals surface area contributed by atoms with Gasteiger partial charge in [0.2, 0.25) is 0 Å². The number of aryl methyl sites for hydroxylation is 1. The normalized spacial score (nSPS) is 12.0. The van der Waals surface area contributed by atoms with Crippen LogP contribution in [0.25, 0.3) is 0 Å². The van der Waals surface area contributed by atoms with E-state index in [-0.39, 0.29) is 17.5 Å². The largest absolute Gasteiger partial charge is 0.454 e. The summed E-state index contributed by atoms with van der Waals surface area (Å²) >= 11 is 0. The number of nitro groups is 1. The predicted molar refractivity (Wildman–Crippen MR) is 76.9 cm³/mol. The van der Waals surface area contributed by atoms with E-state index in [2.05, 4.69) is 0 Å². The van der Waals surface area contributed by atoms with Crippen LogP contribution in [0, 0.1) is 22.9 Å². The second-order valence-electron chi connectivity index (χ2n) is 4.79. The standard InChI is InChI=1S/C15H15FN2O3/c1-9-7-12(18(19)20)4-6-14(9)21-15-5-3-11(10(2)17)8-13(15)16/h3-8,10H,17H2,1-2H3/t10-/m1/s1. The summed E-state index contributed by atoms with van der Waals surface area (Å²) in [5.74, 6) is -0.105. The van der Waals surface area contributed by atoms with Gasteiger partial charge in [-0.2, -0.15) is 0 Å². The zero-order valence-electron chi connectivity index (χ0n) is 11.7. The van der Waals surface area contributed by atoms with E-state index in [1.54, 1.807) is 19.9 Å². The summed E-state index contributed by atoms with van der Waals surface area (Å²) in [5, 5.41) is 10.7. The quantitative estimate of drug-likeness (QED) is 0.685. The van der Waals surface area contributed by atoms with Crippen LogP contribution in [0.3, 0.4) is 0 Å². The number of hydrogen-bond acceptors (Lipinski definition) is 4. The van der Waals surface area contributed by atoms with Crippen LogP contribution < -0.4 is 10.5 Å². The molecule has 6 heteroatoms. The fourth-order valence-electron chi connectivity index (χ4n) is 1.86. The first kappa shape index (κ1) is 14.9. The van der Waals surface area contributed by atoms with Crippen LogP contribution in [-0.4, -0.2) is 4.92 Å². The summed E-state index contributed by atoms with van der Waals surface area (Å²) < 4.78 is 19.4. The lowest BCUT2D eigenvalue weighted by molar-refractivity contribution is -0.384. The Bertz CT molecular complexity index is 687. The van der Waals surface area contributed by atoms with Crippen molar-refractivity contribution < 1.29 is 14.1 Å². The Hall–Kier alpha value is -2.47. The van der Waals surface area contributed by atoms with Gasteiger partial charge in [-0.15, -0.1) is 0 Å². The Kier molecular flexibility index (Phi) is 4.18. The van der Waals surface area contributed by atoms with Gasteiger partial charge in [-0.05, 0) is 43.2 Å². The minimum atomic E-state index is -0.525. The molecule has 0 bridgehead atoms. The van der Waals surface area contributed by atoms with Crippen molar-refractivity contribution in [2.24, 2.45) is 5.73 Å². The molecule has 0 aliphatic carbocycles. The van der Waals surface area contributed by atoms with E-state index in [0.717, 1.165) is 0 Å². The molecule has 21 heavy (non-hydrogen) atoms. The smallest absolute Gasteiger partial charge is 0.269 e. The van der Waals surface area contributed by atoms with Crippen LogP contribution in [0.4, 0.5) is 10.1 Å². The molecule has 0 heterocycles. The molecule has 5 nitrogen and oxygen atoms in total. The molecule has 2 N–H and O–H groups in total. The fourth-order valence-corrected chi connectivity index (χ4v) is 1.86. The van der Waals surface area contributed by atoms with Gasteiger partial charge in [0.1, 0.15) is 5.75 Å². The summed E-state index contributed by atoms with van der Waals surface area (Å²) in [6.45, 7) is 3.42. The monoisotopic (exact) mass is 290 g/mol. The van der Waals surface area contributed by atoms with Crippen LogP contribution >= 0.6 is 0 Å². The van der Waals surface area contributed by atoms with E-state index in [1.165, 1.54) is 30.3 Å². The number of benzene rings is 2. The van der Waals surface area contributed by atoms with Gasteiger partial charge in [-0.1, -0.05) is 6.07 Å². The van der Waals surface area contributed by atoms with Gasteiger partial charge in [0.05, 0.1) is 4.92 Å². The van der Waals surface area contributed by atoms with Crippen molar-refractivity contribution in [3.8, 4) is 11.5 Å². The van der Waals surface area contributed by atoms with E-state index in [9.17, 15) is 14.5 Å². The molecule has 0 spiro atoms. The van der Waals surface area contributed by atoms with Crippen molar-refractivity contribution in [2.75, 3.05) is 0 Å². The number of nitrogens with two attached hydrogens (primary N) is 1. The molecule has 0 saturated carbocycles. The Labute approximate surface area is 121 Å². The van der Waals surface area contributed by atoms with E-state index < -0.39 is 10.7 Å². The van der Waals surface area contributed by atoms with Gasteiger partial charge in [0.25, 0.3) is 5.69 Å². The number of ether oxygens (including phenoxy) is 1. The summed E-state index contributed by atoms with van der Waals surface area (Å²) in [6, 6.07) is 8.38. The average molecular weight is 290 g/mol. The molecule has 0 radical (unpaired) electrons. The highest BCUT2D eigenvalue weighted by Crippen LogP contribution is 2.30. The molecule has 1 atom stereocenters. The van der Waals surface area contributed by atoms with E-state index in [0.29, 0.717) is 16.9 Å². The summed E-state index contributed by atoms with van der Waals surface area (Å²) in [7, 11) is 0. The van der Waals surface area contributed by atoms with Gasteiger partial charge < -0.3 is 10.5 Å². The molecule has 0 unspecified atom stereocenters. The SMILES string of the molecule is Cc1cc([N+](=O)[O-])ccc1Oc1ccc([C@@H](C)N)cc1F. The zero-order valence-corrected chi connectivity index (χ0v) is 11.7. The Balaban J connectivity index is 2.28. The summed E-state index contributed by atoms with van der Waals surface area (Å²) in [5.41, 5.74) is 6.87. The predicted octanol–water partition coefficient (Wildman–Crippen LogP) is 3.85. The van der Waals surface area contributed by atoms with Crippen LogP contribution in [-0.2, 0) is 0 Å². The van der Waals surface area contributed by atoms with Crippen LogP contribution in [0.1, 0.15) is 24.1 Å². The van der Waals surface area contributed by atoms with Crippen LogP contribution in [0.5, 0.6) is 11.5 Å². The minimum absolute atomic E-state index is 0.0346. The maximum atomic E-state index is 13.9. The third-order valence-corrected chi connectivity index (χ3v) is 3.07. The summed E-state index contributed by atoms with van der Waals surface area (Å²) in [4.78, 5) is 10.2. The number of non-ortho nitro benzene ring substituents is 1. The molecular formula is C15H15FN2O3. The Morgan fingerprint density at radius 2 is 1.90 bits per heavy atom. The third-order valence-electron chi connectivity index (χ3n) is 3.07. The molecule has 0 aliphatic rings. The first-order valence-electron chi connectivity index (χ1n) is 6.36. The highest BCUT2D eigenvalue weighted by molar-refractivity contribution is 5.45. The highest BCUT2D eigenvalue weighted by atomic mass is 19.1. The highest BCUT2D eigenvalue weighted by Gasteiger charge is 2.12. The molecule has 0 aromatic heterocycles. The van der Waals surface area contributed by atoms with Crippen LogP contribution in [0.15, 0.2) is 36.4 Å². The molecule has 2 aromatic rings. The Morgan fingerprint density at radius 3 is 2.43 bits per heavy atom. The average Bonchev–Trinajstić information content (AvgIpc) is 2.42. The maximum Gasteiger partial charge on any atom is 0.269 e. The third kappa shape index (κ3) is 3.35. The van der Waals surface area contributed by atoms with Crippen molar-refractivity contribution in [1.29, 1.82) is 0 Å². The first-order valence-corrected chi connectivity index (χ1v) is 6.36. The first-order chi connectivity index (χ1) is 9.88. The molecule has 110 valence electrons. The molecule has 2 rings (SSSR count). The van der Waals surface area contributed by atoms with Gasteiger partial charge >= 0.3 is 0 Å². The molecule has 0 fully saturated rings. The number of nitro benzene ring substituents is 1. The second-order valence-corrected chi connectivity index (χ2v) is 4.79. The van der Waals surface area contributed by atoms with Gasteiger partial charge in [0.15, 0.2) is 11.6 Å². The molecule has 0 aliphatic heterocycles. The van der Waals surface area contributed by atoms with Crippen molar-refractivity contribution in [3.63, 3.8) is 0 Å².